The third-order valence-corrected chi connectivity index (χ3v) is 5.04. The Morgan fingerprint density at radius 3 is 2.75 bits per heavy atom. The molecule has 4 nitrogen and oxygen atoms in total. The molecule has 2 rings (SSSR count). The van der Waals surface area contributed by atoms with Crippen LogP contribution in [0.2, 0.25) is 5.02 Å². The second kappa shape index (κ2) is 11.8. The Bertz CT molecular complexity index is 920. The van der Waals surface area contributed by atoms with Gasteiger partial charge in [0.05, 0.1) is 12.6 Å². The number of ether oxygens (including phenoxy) is 1. The van der Waals surface area contributed by atoms with E-state index in [2.05, 4.69) is 0 Å². The number of carbonyl (C=O) groups excluding carboxylic acids is 1. The topological polar surface area (TPSA) is 55.6 Å². The summed E-state index contributed by atoms with van der Waals surface area (Å²) in [5.74, 6) is 0. The number of benzene rings is 1. The molecule has 1 unspecified atom stereocenters. The molecule has 0 bridgehead atoms. The van der Waals surface area contributed by atoms with E-state index < -0.39 is 18.3 Å². The van der Waals surface area contributed by atoms with E-state index in [0.717, 1.165) is 17.2 Å². The highest BCUT2D eigenvalue weighted by molar-refractivity contribution is 6.30. The maximum Gasteiger partial charge on any atom is 0.410 e. The molecule has 2 N–H and O–H groups in total. The Hall–Kier alpha value is -2.67. The smallest absolute Gasteiger partial charge is 0.410 e. The predicted octanol–water partition coefficient (Wildman–Crippen LogP) is 6.94. The number of carbonyl (C=O) groups is 1. The molecule has 1 aromatic carbocycles. The lowest BCUT2D eigenvalue weighted by Gasteiger charge is -2.35. The van der Waals surface area contributed by atoms with Crippen LogP contribution in [0.15, 0.2) is 60.2 Å². The van der Waals surface area contributed by atoms with Gasteiger partial charge in [0.25, 0.3) is 0 Å². The molecule has 0 fully saturated rings. The van der Waals surface area contributed by atoms with Crippen LogP contribution in [0, 0.1) is 0 Å². The van der Waals surface area contributed by atoms with Crippen molar-refractivity contribution in [2.75, 3.05) is 18.9 Å². The van der Waals surface area contributed by atoms with Gasteiger partial charge in [-0.25, -0.2) is 4.79 Å². The monoisotopic (exact) mass is 468 g/mol. The molecule has 1 heterocycles. The summed E-state index contributed by atoms with van der Waals surface area (Å²) in [6, 6.07) is 4.52. The maximum atomic E-state index is 12.7. The lowest BCUT2D eigenvalue weighted by Crippen LogP contribution is -2.43. The molecule has 0 radical (unpaired) electrons. The van der Waals surface area contributed by atoms with E-state index in [9.17, 15) is 18.0 Å². The molecule has 174 valence electrons. The number of hydrogen-bond acceptors (Lipinski definition) is 3. The van der Waals surface area contributed by atoms with Gasteiger partial charge in [-0.15, -0.1) is 0 Å². The zero-order valence-corrected chi connectivity index (χ0v) is 18.9. The summed E-state index contributed by atoms with van der Waals surface area (Å²) < 4.78 is 43.3. The summed E-state index contributed by atoms with van der Waals surface area (Å²) in [7, 11) is 0. The van der Waals surface area contributed by atoms with Crippen LogP contribution in [0.5, 0.6) is 0 Å². The summed E-state index contributed by atoms with van der Waals surface area (Å²) in [6.07, 6.45) is 4.78. The van der Waals surface area contributed by atoms with E-state index in [1.807, 2.05) is 26.0 Å². The van der Waals surface area contributed by atoms with Crippen molar-refractivity contribution in [1.29, 1.82) is 0 Å². The number of amides is 1. The minimum absolute atomic E-state index is 0.162. The van der Waals surface area contributed by atoms with E-state index in [1.165, 1.54) is 11.0 Å². The SMILES string of the molecule is CC\C=C/C(=C\C=C\C(F)(F)F)C1C=C(c2cc(Cl)ccc2N)CCN1C(=O)OCCC. The molecule has 8 heteroatoms. The van der Waals surface area contributed by atoms with Crippen molar-refractivity contribution in [2.45, 2.75) is 45.3 Å². The fourth-order valence-electron chi connectivity index (χ4n) is 3.30. The maximum absolute atomic E-state index is 12.7. The van der Waals surface area contributed by atoms with Crippen LogP contribution in [-0.4, -0.2) is 36.4 Å². The Morgan fingerprint density at radius 1 is 1.34 bits per heavy atom. The van der Waals surface area contributed by atoms with E-state index in [1.54, 1.807) is 24.3 Å². The van der Waals surface area contributed by atoms with Crippen molar-refractivity contribution < 1.29 is 22.7 Å². The largest absolute Gasteiger partial charge is 0.449 e. The number of nitrogens with two attached hydrogens (primary N) is 1. The minimum atomic E-state index is -4.43. The van der Waals surface area contributed by atoms with Crippen molar-refractivity contribution in [1.82, 2.24) is 4.90 Å². The molecule has 1 aliphatic rings. The second-order valence-electron chi connectivity index (χ2n) is 7.30. The average Bonchev–Trinajstić information content (AvgIpc) is 2.75. The summed E-state index contributed by atoms with van der Waals surface area (Å²) >= 11 is 6.15. The van der Waals surface area contributed by atoms with Crippen LogP contribution in [0.3, 0.4) is 0 Å². The molecule has 1 atom stereocenters. The Labute approximate surface area is 191 Å². The first kappa shape index (κ1) is 25.6. The number of nitrogen functional groups attached to an aromatic ring is 1. The molecular weight excluding hydrogens is 441 g/mol. The fourth-order valence-corrected chi connectivity index (χ4v) is 3.48. The van der Waals surface area contributed by atoms with Crippen LogP contribution in [0.4, 0.5) is 23.7 Å². The van der Waals surface area contributed by atoms with Crippen molar-refractivity contribution >= 4 is 29.0 Å². The molecule has 0 saturated heterocycles. The first-order valence-corrected chi connectivity index (χ1v) is 10.9. The van der Waals surface area contributed by atoms with Crippen LogP contribution in [0.25, 0.3) is 5.57 Å². The highest BCUT2D eigenvalue weighted by Crippen LogP contribution is 2.33. The Morgan fingerprint density at radius 2 is 2.09 bits per heavy atom. The number of alkyl halides is 3. The quantitative estimate of drug-likeness (QED) is 0.348. The number of halogens is 4. The zero-order chi connectivity index (χ0) is 23.7. The minimum Gasteiger partial charge on any atom is -0.449 e. The Balaban J connectivity index is 2.55. The van der Waals surface area contributed by atoms with E-state index >= 15 is 0 Å². The molecule has 1 aromatic rings. The predicted molar refractivity (Wildman–Crippen MR) is 123 cm³/mol. The lowest BCUT2D eigenvalue weighted by atomic mass is 9.91. The van der Waals surface area contributed by atoms with Gasteiger partial charge in [-0.2, -0.15) is 13.2 Å². The fraction of sp³-hybridized carbons (Fsp3) is 0.375. The van der Waals surface area contributed by atoms with Gasteiger partial charge in [0.1, 0.15) is 0 Å². The van der Waals surface area contributed by atoms with Crippen LogP contribution >= 0.6 is 11.6 Å². The normalized spacial score (nSPS) is 17.8. The standard InChI is InChI=1S/C24H28ClF3N2O2/c1-3-5-7-17(8-6-12-24(26,27)28)22-15-18(20-16-19(25)9-10-21(20)29)11-13-30(22)23(31)32-14-4-2/h5-10,12,15-16,22H,3-4,11,13-14,29H2,1-2H3/b7-5-,12-6+,17-8+. The van der Waals surface area contributed by atoms with Gasteiger partial charge in [-0.3, -0.25) is 4.90 Å². The third-order valence-electron chi connectivity index (χ3n) is 4.80. The van der Waals surface area contributed by atoms with Gasteiger partial charge in [-0.05, 0) is 48.6 Å². The van der Waals surface area contributed by atoms with Crippen LogP contribution < -0.4 is 5.73 Å². The summed E-state index contributed by atoms with van der Waals surface area (Å²) in [4.78, 5) is 14.2. The molecule has 1 amide bonds. The zero-order valence-electron chi connectivity index (χ0n) is 18.2. The van der Waals surface area contributed by atoms with E-state index in [0.29, 0.717) is 42.1 Å². The van der Waals surface area contributed by atoms with Gasteiger partial charge in [0, 0.05) is 28.9 Å². The van der Waals surface area contributed by atoms with Gasteiger partial charge in [0.2, 0.25) is 0 Å². The summed E-state index contributed by atoms with van der Waals surface area (Å²) in [6.45, 7) is 4.39. The van der Waals surface area contributed by atoms with Crippen molar-refractivity contribution in [3.05, 3.63) is 70.8 Å². The molecule has 32 heavy (non-hydrogen) atoms. The number of nitrogens with zero attached hydrogens (tertiary/aromatic N) is 1. The van der Waals surface area contributed by atoms with Crippen molar-refractivity contribution in [3.8, 4) is 0 Å². The number of allylic oxidation sites excluding steroid dienone is 4. The number of rotatable bonds is 7. The van der Waals surface area contributed by atoms with Gasteiger partial charge >= 0.3 is 12.3 Å². The van der Waals surface area contributed by atoms with Gasteiger partial charge < -0.3 is 10.5 Å². The average molecular weight is 469 g/mol. The lowest BCUT2D eigenvalue weighted by molar-refractivity contribution is -0.0798. The summed E-state index contributed by atoms with van der Waals surface area (Å²) in [5, 5.41) is 0.520. The molecular formula is C24H28ClF3N2O2. The molecule has 1 aliphatic heterocycles. The molecule has 0 spiro atoms. The first-order valence-electron chi connectivity index (χ1n) is 10.5. The Kier molecular flexibility index (Phi) is 9.44. The molecule has 0 aromatic heterocycles. The van der Waals surface area contributed by atoms with Crippen molar-refractivity contribution in [3.63, 3.8) is 0 Å². The van der Waals surface area contributed by atoms with Crippen molar-refractivity contribution in [2.24, 2.45) is 0 Å². The first-order chi connectivity index (χ1) is 15.2. The summed E-state index contributed by atoms with van der Waals surface area (Å²) in [5.41, 5.74) is 8.81. The second-order valence-corrected chi connectivity index (χ2v) is 7.74. The van der Waals surface area contributed by atoms with Gasteiger partial charge in [-0.1, -0.05) is 55.8 Å². The number of anilines is 1. The van der Waals surface area contributed by atoms with E-state index in [-0.39, 0.29) is 12.7 Å². The van der Waals surface area contributed by atoms with Crippen LogP contribution in [-0.2, 0) is 4.74 Å². The molecule has 0 saturated carbocycles. The third kappa shape index (κ3) is 7.48. The van der Waals surface area contributed by atoms with Crippen LogP contribution in [0.1, 0.15) is 38.7 Å². The number of hydrogen-bond donors (Lipinski definition) is 1. The van der Waals surface area contributed by atoms with Gasteiger partial charge in [0.15, 0.2) is 0 Å². The molecule has 0 aliphatic carbocycles. The van der Waals surface area contributed by atoms with E-state index in [4.69, 9.17) is 22.1 Å². The highest BCUT2D eigenvalue weighted by atomic mass is 35.5. The highest BCUT2D eigenvalue weighted by Gasteiger charge is 2.30.